The van der Waals surface area contributed by atoms with Crippen LogP contribution in [-0.4, -0.2) is 17.0 Å². The smallest absolute Gasteiger partial charge is 0.307 e. The Morgan fingerprint density at radius 1 is 1.69 bits per heavy atom. The van der Waals surface area contributed by atoms with E-state index in [1.54, 1.807) is 16.1 Å². The maximum absolute atomic E-state index is 11.0. The Balaban J connectivity index is 2.39. The second-order valence-electron chi connectivity index (χ2n) is 2.57. The molecule has 72 valence electrons. The Bertz CT molecular complexity index is 329. The summed E-state index contributed by atoms with van der Waals surface area (Å²) >= 11 is 1.15. The Morgan fingerprint density at radius 2 is 2.46 bits per heavy atom. The van der Waals surface area contributed by atoms with Gasteiger partial charge in [0.05, 0.1) is 0 Å². The predicted molar refractivity (Wildman–Crippen MR) is 51.9 cm³/mol. The number of hydrogen-bond donors (Lipinski definition) is 1. The standard InChI is InChI=1S/C8H12N2O2S/c1-2-9-7(11)3-4-10-5-6-13-8(10)12/h5-6H,2-4H2,1H3,(H,9,11). The van der Waals surface area contributed by atoms with Crippen LogP contribution in [0.3, 0.4) is 0 Å². The van der Waals surface area contributed by atoms with Gasteiger partial charge in [0, 0.05) is 31.1 Å². The van der Waals surface area contributed by atoms with Gasteiger partial charge in [0.2, 0.25) is 5.91 Å². The van der Waals surface area contributed by atoms with Crippen LogP contribution in [0.2, 0.25) is 0 Å². The number of carbonyl (C=O) groups is 1. The van der Waals surface area contributed by atoms with Gasteiger partial charge < -0.3 is 9.88 Å². The fourth-order valence-electron chi connectivity index (χ4n) is 0.964. The van der Waals surface area contributed by atoms with Crippen LogP contribution in [0.4, 0.5) is 0 Å². The van der Waals surface area contributed by atoms with Crippen molar-refractivity contribution in [3.8, 4) is 0 Å². The van der Waals surface area contributed by atoms with Gasteiger partial charge in [0.25, 0.3) is 0 Å². The highest BCUT2D eigenvalue weighted by atomic mass is 32.1. The first-order valence-corrected chi connectivity index (χ1v) is 5.02. The summed E-state index contributed by atoms with van der Waals surface area (Å²) in [6.45, 7) is 2.97. The largest absolute Gasteiger partial charge is 0.356 e. The normalized spacial score (nSPS) is 9.92. The molecule has 0 unspecified atom stereocenters. The molecule has 5 heteroatoms. The number of aromatic nitrogens is 1. The molecule has 0 aliphatic carbocycles. The Kier molecular flexibility index (Phi) is 3.70. The van der Waals surface area contributed by atoms with Gasteiger partial charge in [-0.1, -0.05) is 11.3 Å². The van der Waals surface area contributed by atoms with Crippen molar-refractivity contribution in [2.24, 2.45) is 0 Å². The quantitative estimate of drug-likeness (QED) is 0.766. The highest BCUT2D eigenvalue weighted by molar-refractivity contribution is 7.07. The molecule has 0 saturated carbocycles. The summed E-state index contributed by atoms with van der Waals surface area (Å²) in [6, 6.07) is 0. The van der Waals surface area contributed by atoms with E-state index >= 15 is 0 Å². The molecule has 0 fully saturated rings. The maximum atomic E-state index is 11.0. The van der Waals surface area contributed by atoms with E-state index in [-0.39, 0.29) is 10.8 Å². The molecule has 1 amide bonds. The van der Waals surface area contributed by atoms with Gasteiger partial charge in [0.1, 0.15) is 0 Å². The van der Waals surface area contributed by atoms with Crippen LogP contribution in [0.1, 0.15) is 13.3 Å². The van der Waals surface area contributed by atoms with Gasteiger partial charge in [0.15, 0.2) is 0 Å². The molecule has 0 aliphatic rings. The monoisotopic (exact) mass is 200 g/mol. The van der Waals surface area contributed by atoms with Gasteiger partial charge in [-0.15, -0.1) is 0 Å². The number of nitrogens with zero attached hydrogens (tertiary/aromatic N) is 1. The minimum absolute atomic E-state index is 0.00991. The Labute approximate surface area is 80.2 Å². The predicted octanol–water partition coefficient (Wildman–Crippen LogP) is 0.436. The molecule has 1 aromatic rings. The lowest BCUT2D eigenvalue weighted by Crippen LogP contribution is -2.25. The van der Waals surface area contributed by atoms with Crippen molar-refractivity contribution in [1.82, 2.24) is 9.88 Å². The minimum Gasteiger partial charge on any atom is -0.356 e. The van der Waals surface area contributed by atoms with Gasteiger partial charge >= 0.3 is 4.87 Å². The van der Waals surface area contributed by atoms with E-state index < -0.39 is 0 Å². The van der Waals surface area contributed by atoms with Crippen LogP contribution >= 0.6 is 11.3 Å². The molecule has 1 heterocycles. The molecule has 0 radical (unpaired) electrons. The highest BCUT2D eigenvalue weighted by Gasteiger charge is 2.01. The van der Waals surface area contributed by atoms with Crippen molar-refractivity contribution >= 4 is 17.2 Å². The SMILES string of the molecule is CCNC(=O)CCn1ccsc1=O. The van der Waals surface area contributed by atoms with E-state index in [9.17, 15) is 9.59 Å². The number of aryl methyl sites for hydroxylation is 1. The molecule has 13 heavy (non-hydrogen) atoms. The van der Waals surface area contributed by atoms with Crippen molar-refractivity contribution in [3.05, 3.63) is 21.2 Å². The molecular weight excluding hydrogens is 188 g/mol. The Morgan fingerprint density at radius 3 is 3.00 bits per heavy atom. The third-order valence-corrected chi connectivity index (χ3v) is 2.29. The zero-order valence-corrected chi connectivity index (χ0v) is 8.26. The number of carbonyl (C=O) groups excluding carboxylic acids is 1. The van der Waals surface area contributed by atoms with E-state index in [1.807, 2.05) is 6.92 Å². The lowest BCUT2D eigenvalue weighted by atomic mass is 10.4. The lowest BCUT2D eigenvalue weighted by Gasteiger charge is -2.01. The van der Waals surface area contributed by atoms with Crippen LogP contribution in [-0.2, 0) is 11.3 Å². The van der Waals surface area contributed by atoms with E-state index in [4.69, 9.17) is 0 Å². The molecule has 0 aromatic carbocycles. The maximum Gasteiger partial charge on any atom is 0.307 e. The zero-order chi connectivity index (χ0) is 9.68. The van der Waals surface area contributed by atoms with Crippen molar-refractivity contribution in [2.75, 3.05) is 6.54 Å². The Hall–Kier alpha value is -1.10. The van der Waals surface area contributed by atoms with Crippen LogP contribution in [0, 0.1) is 0 Å². The van der Waals surface area contributed by atoms with Crippen molar-refractivity contribution in [3.63, 3.8) is 0 Å². The summed E-state index contributed by atoms with van der Waals surface area (Å²) in [7, 11) is 0. The van der Waals surface area contributed by atoms with E-state index in [2.05, 4.69) is 5.32 Å². The van der Waals surface area contributed by atoms with Crippen LogP contribution in [0.25, 0.3) is 0 Å². The molecule has 1 aromatic heterocycles. The van der Waals surface area contributed by atoms with Crippen molar-refractivity contribution in [2.45, 2.75) is 19.9 Å². The third-order valence-electron chi connectivity index (χ3n) is 1.60. The van der Waals surface area contributed by atoms with Crippen LogP contribution < -0.4 is 10.2 Å². The first-order valence-electron chi connectivity index (χ1n) is 4.14. The summed E-state index contributed by atoms with van der Waals surface area (Å²) in [4.78, 5) is 22.1. The minimum atomic E-state index is -0.0133. The van der Waals surface area contributed by atoms with Crippen molar-refractivity contribution < 1.29 is 4.79 Å². The van der Waals surface area contributed by atoms with E-state index in [0.717, 1.165) is 11.3 Å². The topological polar surface area (TPSA) is 51.1 Å². The lowest BCUT2D eigenvalue weighted by molar-refractivity contribution is -0.121. The summed E-state index contributed by atoms with van der Waals surface area (Å²) < 4.78 is 1.54. The van der Waals surface area contributed by atoms with E-state index in [1.165, 1.54) is 0 Å². The summed E-state index contributed by atoms with van der Waals surface area (Å²) in [5.74, 6) is -0.0133. The number of nitrogens with one attached hydrogen (secondary N) is 1. The number of amides is 1. The average molecular weight is 200 g/mol. The van der Waals surface area contributed by atoms with Crippen LogP contribution in [0.5, 0.6) is 0 Å². The number of rotatable bonds is 4. The molecule has 0 bridgehead atoms. The first-order chi connectivity index (χ1) is 6.24. The molecule has 0 spiro atoms. The second-order valence-corrected chi connectivity index (χ2v) is 3.42. The molecule has 0 saturated heterocycles. The molecule has 4 nitrogen and oxygen atoms in total. The zero-order valence-electron chi connectivity index (χ0n) is 7.45. The molecular formula is C8H12N2O2S. The molecule has 1 rings (SSSR count). The van der Waals surface area contributed by atoms with Gasteiger partial charge in [-0.2, -0.15) is 0 Å². The van der Waals surface area contributed by atoms with Crippen LogP contribution in [0.15, 0.2) is 16.4 Å². The van der Waals surface area contributed by atoms with Crippen molar-refractivity contribution in [1.29, 1.82) is 0 Å². The average Bonchev–Trinajstić information content (AvgIpc) is 2.48. The van der Waals surface area contributed by atoms with Gasteiger partial charge in [-0.05, 0) is 6.92 Å². The van der Waals surface area contributed by atoms with Gasteiger partial charge in [-0.3, -0.25) is 9.59 Å². The van der Waals surface area contributed by atoms with Gasteiger partial charge in [-0.25, -0.2) is 0 Å². The summed E-state index contributed by atoms with van der Waals surface area (Å²) in [6.07, 6.45) is 2.07. The second kappa shape index (κ2) is 4.81. The number of thiazole rings is 1. The molecule has 0 aliphatic heterocycles. The summed E-state index contributed by atoms with van der Waals surface area (Å²) in [5, 5.41) is 4.40. The molecule has 1 N–H and O–H groups in total. The van der Waals surface area contributed by atoms with E-state index in [0.29, 0.717) is 19.5 Å². The fraction of sp³-hybridized carbons (Fsp3) is 0.500. The molecule has 0 atom stereocenters. The fourth-order valence-corrected chi connectivity index (χ4v) is 1.58. The number of hydrogen-bond acceptors (Lipinski definition) is 3. The first kappa shape index (κ1) is 9.98. The summed E-state index contributed by atoms with van der Waals surface area (Å²) in [5.41, 5.74) is 0. The third kappa shape index (κ3) is 3.02. The highest BCUT2D eigenvalue weighted by Crippen LogP contribution is 1.91.